The molecule has 0 unspecified atom stereocenters. The Morgan fingerprint density at radius 1 is 1.14 bits per heavy atom. The lowest BCUT2D eigenvalue weighted by atomic mass is 9.86. The monoisotopic (exact) mass is 505 g/mol. The zero-order valence-corrected chi connectivity index (χ0v) is 21.9. The summed E-state index contributed by atoms with van der Waals surface area (Å²) >= 11 is 6.62. The molecule has 1 aromatic carbocycles. The van der Waals surface area contributed by atoms with Crippen molar-refractivity contribution in [1.82, 2.24) is 9.78 Å². The summed E-state index contributed by atoms with van der Waals surface area (Å²) in [5, 5.41) is 4.88. The van der Waals surface area contributed by atoms with Gasteiger partial charge in [-0.2, -0.15) is 5.10 Å². The maximum Gasteiger partial charge on any atom is 0.511 e. The molecule has 1 heterocycles. The van der Waals surface area contributed by atoms with Gasteiger partial charge in [0.2, 0.25) is 6.79 Å². The van der Waals surface area contributed by atoms with Crippen molar-refractivity contribution in [3.8, 4) is 0 Å². The van der Waals surface area contributed by atoms with Gasteiger partial charge in [-0.3, -0.25) is 9.67 Å². The number of aryl methyl sites for hydroxylation is 2. The maximum atomic E-state index is 11.9. The number of aliphatic imine (C=N–C) groups is 1. The van der Waals surface area contributed by atoms with Gasteiger partial charge in [0.15, 0.2) is 12.4 Å². The Morgan fingerprint density at radius 2 is 1.80 bits per heavy atom. The second-order valence-corrected chi connectivity index (χ2v) is 8.92. The van der Waals surface area contributed by atoms with Crippen molar-refractivity contribution in [3.05, 3.63) is 51.8 Å². The molecule has 0 saturated heterocycles. The summed E-state index contributed by atoms with van der Waals surface area (Å²) in [6.45, 7) is 9.59. The highest BCUT2D eigenvalue weighted by Crippen LogP contribution is 2.34. The van der Waals surface area contributed by atoms with Crippen molar-refractivity contribution in [2.24, 2.45) is 4.99 Å². The molecule has 2 rings (SSSR count). The van der Waals surface area contributed by atoms with Crippen LogP contribution >= 0.6 is 11.6 Å². The van der Waals surface area contributed by atoms with Gasteiger partial charge in [0, 0.05) is 25.4 Å². The Bertz CT molecular complexity index is 1100. The van der Waals surface area contributed by atoms with E-state index in [1.807, 2.05) is 31.2 Å². The second kappa shape index (κ2) is 12.4. The first-order valence-corrected chi connectivity index (χ1v) is 11.4. The zero-order chi connectivity index (χ0) is 26.2. The summed E-state index contributed by atoms with van der Waals surface area (Å²) in [6.07, 6.45) is 0.566. The van der Waals surface area contributed by atoms with Crippen molar-refractivity contribution in [3.63, 3.8) is 0 Å². The fourth-order valence-corrected chi connectivity index (χ4v) is 3.40. The Hall–Kier alpha value is -3.33. The minimum Gasteiger partial charge on any atom is -0.466 e. The van der Waals surface area contributed by atoms with Gasteiger partial charge in [-0.25, -0.2) is 9.59 Å². The molecule has 0 atom stereocenters. The number of carbonyl (C=O) groups is 2. The van der Waals surface area contributed by atoms with Gasteiger partial charge in [0.1, 0.15) is 5.69 Å². The van der Waals surface area contributed by atoms with Crippen LogP contribution in [0, 0.1) is 6.92 Å². The van der Waals surface area contributed by atoms with E-state index in [1.54, 1.807) is 24.9 Å². The zero-order valence-electron chi connectivity index (χ0n) is 21.2. The first kappa shape index (κ1) is 27.9. The van der Waals surface area contributed by atoms with Crippen molar-refractivity contribution in [1.29, 1.82) is 0 Å². The lowest BCUT2D eigenvalue weighted by Crippen LogP contribution is -2.17. The number of carbonyl (C=O) groups excluding carboxylic acids is 2. The number of methoxy groups -OCH3 is 1. The second-order valence-electron chi connectivity index (χ2n) is 8.54. The number of nitrogens with zero attached hydrogens (tertiary/aromatic N) is 3. The lowest BCUT2D eigenvalue weighted by Gasteiger charge is -2.20. The van der Waals surface area contributed by atoms with Crippen LogP contribution < -0.4 is 0 Å². The average molecular weight is 506 g/mol. The third kappa shape index (κ3) is 7.32. The molecule has 0 aliphatic heterocycles. The van der Waals surface area contributed by atoms with E-state index >= 15 is 0 Å². The molecule has 0 saturated carbocycles. The minimum atomic E-state index is -1.08. The van der Waals surface area contributed by atoms with E-state index in [0.29, 0.717) is 34.3 Å². The molecule has 10 heteroatoms. The maximum absolute atomic E-state index is 11.9. The van der Waals surface area contributed by atoms with Crippen molar-refractivity contribution >= 4 is 41.3 Å². The van der Waals surface area contributed by atoms with E-state index < -0.39 is 25.5 Å². The SMILES string of the molecule is CCn1nc(C)c(Cl)c1/C(OCOC(=O)OCC(=O)OC)=C(\C=N/C)c1ccc(C(C)(C)C)cc1. The summed E-state index contributed by atoms with van der Waals surface area (Å²) in [4.78, 5) is 27.2. The summed E-state index contributed by atoms with van der Waals surface area (Å²) in [6, 6.07) is 8.03. The predicted molar refractivity (Wildman–Crippen MR) is 134 cm³/mol. The molecule has 2 aromatic rings. The van der Waals surface area contributed by atoms with E-state index in [-0.39, 0.29) is 5.41 Å². The molecule has 9 nitrogen and oxygen atoms in total. The van der Waals surface area contributed by atoms with Gasteiger partial charge in [0.05, 0.1) is 17.8 Å². The predicted octanol–water partition coefficient (Wildman–Crippen LogP) is 5.03. The van der Waals surface area contributed by atoms with Gasteiger partial charge >= 0.3 is 12.1 Å². The molecule has 0 spiro atoms. The Kier molecular flexibility index (Phi) is 9.89. The molecule has 190 valence electrons. The number of halogens is 1. The van der Waals surface area contributed by atoms with Gasteiger partial charge in [0.25, 0.3) is 0 Å². The molecule has 0 aliphatic rings. The van der Waals surface area contributed by atoms with Crippen LogP contribution in [-0.2, 0) is 35.7 Å². The normalized spacial score (nSPS) is 12.3. The van der Waals surface area contributed by atoms with Gasteiger partial charge in [-0.15, -0.1) is 0 Å². The van der Waals surface area contributed by atoms with E-state index in [9.17, 15) is 9.59 Å². The van der Waals surface area contributed by atoms with Crippen LogP contribution in [0.15, 0.2) is 29.3 Å². The molecule has 0 radical (unpaired) electrons. The van der Waals surface area contributed by atoms with Crippen LogP contribution in [0.3, 0.4) is 0 Å². The fraction of sp³-hybridized carbons (Fsp3) is 0.440. The van der Waals surface area contributed by atoms with Crippen LogP contribution in [0.1, 0.15) is 50.2 Å². The fourth-order valence-electron chi connectivity index (χ4n) is 3.18. The average Bonchev–Trinajstić information content (AvgIpc) is 3.11. The molecule has 0 N–H and O–H groups in total. The molecule has 35 heavy (non-hydrogen) atoms. The molecular weight excluding hydrogens is 474 g/mol. The first-order chi connectivity index (χ1) is 16.5. The first-order valence-electron chi connectivity index (χ1n) is 11.0. The highest BCUT2D eigenvalue weighted by atomic mass is 35.5. The molecular formula is C25H32ClN3O6. The molecule has 0 bridgehead atoms. The number of hydrogen-bond acceptors (Lipinski definition) is 8. The Morgan fingerprint density at radius 3 is 2.34 bits per heavy atom. The number of rotatable bonds is 9. The number of hydrogen-bond donors (Lipinski definition) is 0. The Labute approximate surface area is 210 Å². The number of aromatic nitrogens is 2. The van der Waals surface area contributed by atoms with Crippen molar-refractivity contribution in [2.75, 3.05) is 27.6 Å². The van der Waals surface area contributed by atoms with E-state index in [4.69, 9.17) is 25.8 Å². The standard InChI is InChI=1S/C25H32ClN3O6/c1-8-29-22(21(26)16(2)28-29)23(34-15-35-24(31)33-14-20(30)32-7)19(13-27-6)17-9-11-18(12-10-17)25(3,4)5/h9-13H,8,14-15H2,1-7H3/b23-19-,27-13-. The van der Waals surface area contributed by atoms with Gasteiger partial charge < -0.3 is 18.9 Å². The van der Waals surface area contributed by atoms with Gasteiger partial charge in [-0.1, -0.05) is 56.6 Å². The number of esters is 1. The molecule has 0 fully saturated rings. The molecule has 0 amide bonds. The van der Waals surface area contributed by atoms with Crippen LogP contribution in [0.4, 0.5) is 4.79 Å². The number of ether oxygens (including phenoxy) is 4. The Balaban J connectivity index is 2.50. The van der Waals surface area contributed by atoms with Crippen LogP contribution in [0.2, 0.25) is 5.02 Å². The summed E-state index contributed by atoms with van der Waals surface area (Å²) in [5.41, 5.74) is 3.74. The van der Waals surface area contributed by atoms with Crippen molar-refractivity contribution in [2.45, 2.75) is 46.6 Å². The summed E-state index contributed by atoms with van der Waals surface area (Å²) < 4.78 is 21.8. The van der Waals surface area contributed by atoms with Gasteiger partial charge in [-0.05, 0) is 30.4 Å². The quantitative estimate of drug-likeness (QED) is 0.204. The van der Waals surface area contributed by atoms with E-state index in [1.165, 1.54) is 12.7 Å². The minimum absolute atomic E-state index is 0.0137. The van der Waals surface area contributed by atoms with Crippen molar-refractivity contribution < 1.29 is 28.5 Å². The summed E-state index contributed by atoms with van der Waals surface area (Å²) in [5.74, 6) is -0.384. The topological polar surface area (TPSA) is 101 Å². The lowest BCUT2D eigenvalue weighted by molar-refractivity contribution is -0.145. The number of allylic oxidation sites excluding steroid dienone is 1. The number of benzene rings is 1. The van der Waals surface area contributed by atoms with Crippen LogP contribution in [0.5, 0.6) is 0 Å². The van der Waals surface area contributed by atoms with E-state index in [2.05, 4.69) is 35.6 Å². The highest BCUT2D eigenvalue weighted by molar-refractivity contribution is 6.33. The third-order valence-electron chi connectivity index (χ3n) is 5.05. The largest absolute Gasteiger partial charge is 0.511 e. The van der Waals surface area contributed by atoms with Crippen LogP contribution in [0.25, 0.3) is 11.3 Å². The third-order valence-corrected chi connectivity index (χ3v) is 5.50. The van der Waals surface area contributed by atoms with Crippen LogP contribution in [-0.4, -0.2) is 55.7 Å². The smallest absolute Gasteiger partial charge is 0.466 e. The highest BCUT2D eigenvalue weighted by Gasteiger charge is 2.23. The molecule has 1 aromatic heterocycles. The summed E-state index contributed by atoms with van der Waals surface area (Å²) in [7, 11) is 2.83. The molecule has 0 aliphatic carbocycles. The van der Waals surface area contributed by atoms with E-state index in [0.717, 1.165) is 5.56 Å².